The van der Waals surface area contributed by atoms with Crippen LogP contribution in [0.1, 0.15) is 6.42 Å². The molecule has 0 aromatic carbocycles. The molecule has 8 heavy (non-hydrogen) atoms. The van der Waals surface area contributed by atoms with Crippen molar-refractivity contribution in [1.29, 1.82) is 0 Å². The predicted octanol–water partition coefficient (Wildman–Crippen LogP) is 1.36. The first-order valence-corrected chi connectivity index (χ1v) is 7.49. The van der Waals surface area contributed by atoms with Gasteiger partial charge in [0.05, 0.1) is 0 Å². The molecule has 0 radical (unpaired) electrons. The van der Waals surface area contributed by atoms with Gasteiger partial charge >= 0.3 is 0 Å². The molecule has 1 aliphatic heterocycles. The van der Waals surface area contributed by atoms with Gasteiger partial charge in [-0.05, 0) is 17.9 Å². The van der Waals surface area contributed by atoms with Crippen molar-refractivity contribution in [3.8, 4) is 0 Å². The van der Waals surface area contributed by atoms with Crippen LogP contribution >= 0.6 is 23.5 Å². The van der Waals surface area contributed by atoms with Crippen LogP contribution in [-0.2, 0) is 0 Å². The Morgan fingerprint density at radius 2 is 2.00 bits per heavy atom. The Morgan fingerprint density at radius 1 is 1.38 bits per heavy atom. The Hall–Kier alpha value is 0.917. The Kier molecular flexibility index (Phi) is 3.38. The third-order valence-corrected chi connectivity index (χ3v) is 7.92. The quantitative estimate of drug-likeness (QED) is 0.537. The van der Waals surface area contributed by atoms with Crippen LogP contribution in [0.15, 0.2) is 0 Å². The Bertz CT molecular complexity index is 61.4. The Balaban J connectivity index is 2.13. The molecule has 0 atom stereocenters. The van der Waals surface area contributed by atoms with Crippen molar-refractivity contribution in [2.45, 2.75) is 17.2 Å². The lowest BCUT2D eigenvalue weighted by Crippen LogP contribution is -2.11. The molecule has 1 fully saturated rings. The second kappa shape index (κ2) is 3.85. The third kappa shape index (κ3) is 2.03. The van der Waals surface area contributed by atoms with E-state index in [-0.39, 0.29) is 0 Å². The van der Waals surface area contributed by atoms with E-state index in [0.717, 1.165) is 4.21 Å². The summed E-state index contributed by atoms with van der Waals surface area (Å²) in [5.74, 6) is 2.86. The van der Waals surface area contributed by atoms with Gasteiger partial charge in [-0.2, -0.15) is 23.5 Å². The summed E-state index contributed by atoms with van der Waals surface area (Å²) in [6.45, 7) is 2.41. The normalized spacial score (nSPS) is 25.1. The van der Waals surface area contributed by atoms with Crippen LogP contribution < -0.4 is 0 Å². The summed E-state index contributed by atoms with van der Waals surface area (Å²) in [6, 6.07) is 0. The average molecular weight is 164 g/mol. The fourth-order valence-corrected chi connectivity index (χ4v) is 5.95. The van der Waals surface area contributed by atoms with Crippen LogP contribution in [0.3, 0.4) is 0 Å². The van der Waals surface area contributed by atoms with Crippen molar-refractivity contribution in [1.82, 2.24) is 0 Å². The molecule has 0 saturated carbocycles. The van der Waals surface area contributed by atoms with Crippen molar-refractivity contribution in [2.75, 3.05) is 11.5 Å². The van der Waals surface area contributed by atoms with Crippen molar-refractivity contribution < 1.29 is 0 Å². The maximum atomic E-state index is 2.41. The zero-order valence-corrected chi connectivity index (χ0v) is 8.27. The maximum absolute atomic E-state index is 2.41. The minimum atomic E-state index is 0.294. The number of thioether (sulfide) groups is 2. The van der Waals surface area contributed by atoms with Gasteiger partial charge in [0, 0.05) is 13.7 Å². The van der Waals surface area contributed by atoms with Gasteiger partial charge in [0.15, 0.2) is 0 Å². The van der Waals surface area contributed by atoms with E-state index in [0.29, 0.717) is 9.52 Å². The van der Waals surface area contributed by atoms with Crippen molar-refractivity contribution in [3.63, 3.8) is 0 Å². The molecule has 0 amide bonds. The lowest BCUT2D eigenvalue weighted by molar-refractivity contribution is 1.11. The highest BCUT2D eigenvalue weighted by molar-refractivity contribution is 8.19. The molecule has 0 aliphatic carbocycles. The third-order valence-electron chi connectivity index (χ3n) is 1.23. The van der Waals surface area contributed by atoms with Crippen LogP contribution in [0.5, 0.6) is 0 Å². The van der Waals surface area contributed by atoms with Gasteiger partial charge in [0.1, 0.15) is 0 Å². The summed E-state index contributed by atoms with van der Waals surface area (Å²) in [5.41, 5.74) is 0. The fraction of sp³-hybridized carbons (Fsp3) is 1.00. The molecule has 1 saturated heterocycles. The van der Waals surface area contributed by atoms with Crippen LogP contribution in [0.25, 0.3) is 0 Å². The van der Waals surface area contributed by atoms with Gasteiger partial charge in [-0.25, -0.2) is 0 Å². The van der Waals surface area contributed by atoms with E-state index in [1.54, 1.807) is 0 Å². The highest BCUT2D eigenvalue weighted by Crippen LogP contribution is 2.28. The molecule has 1 heterocycles. The monoisotopic (exact) mass is 164 g/mol. The number of hydrogen-bond donors (Lipinski definition) is 0. The van der Waals surface area contributed by atoms with E-state index in [9.17, 15) is 0 Å². The summed E-state index contributed by atoms with van der Waals surface area (Å²) >= 11 is 4.38. The maximum Gasteiger partial charge on any atom is 0.0452 e. The molecule has 1 rings (SSSR count). The van der Waals surface area contributed by atoms with Gasteiger partial charge in [-0.3, -0.25) is 0 Å². The van der Waals surface area contributed by atoms with Crippen molar-refractivity contribution in [3.05, 3.63) is 0 Å². The van der Waals surface area contributed by atoms with E-state index in [1.165, 1.54) is 17.9 Å². The number of rotatable bonds is 1. The summed E-state index contributed by atoms with van der Waals surface area (Å²) in [5, 5.41) is 0. The van der Waals surface area contributed by atoms with Crippen LogP contribution in [0.2, 0.25) is 6.55 Å². The molecule has 0 N–H and O–H groups in total. The van der Waals surface area contributed by atoms with E-state index in [2.05, 4.69) is 30.1 Å². The smallest absolute Gasteiger partial charge is 0.0452 e. The topological polar surface area (TPSA) is 0 Å². The lowest BCUT2D eigenvalue weighted by Gasteiger charge is -2.18. The van der Waals surface area contributed by atoms with E-state index >= 15 is 0 Å². The zero-order valence-electron chi connectivity index (χ0n) is 5.22. The molecule has 0 aromatic rings. The molecule has 48 valence electrons. The van der Waals surface area contributed by atoms with Gasteiger partial charge in [0.25, 0.3) is 0 Å². The Morgan fingerprint density at radius 3 is 2.38 bits per heavy atom. The highest BCUT2D eigenvalue weighted by atomic mass is 32.2. The molecule has 0 unspecified atom stereocenters. The first kappa shape index (κ1) is 7.03. The summed E-state index contributed by atoms with van der Waals surface area (Å²) in [7, 11) is 0.294. The molecular formula is C5H12S2Si. The summed E-state index contributed by atoms with van der Waals surface area (Å²) < 4.78 is 1.06. The molecule has 0 nitrogen and oxygen atoms in total. The standard InChI is InChI=1S/C5H12S2Si/c1-8-5-6-3-2-4-7-5/h5H,2-4,8H2,1H3. The first-order valence-electron chi connectivity index (χ1n) is 3.16. The van der Waals surface area contributed by atoms with Crippen molar-refractivity contribution in [2.24, 2.45) is 0 Å². The number of hydrogen-bond acceptors (Lipinski definition) is 2. The van der Waals surface area contributed by atoms with Gasteiger partial charge < -0.3 is 0 Å². The SMILES string of the molecule is C[SiH2]C1SCCCS1. The largest absolute Gasteiger partial charge is 0.152 e. The van der Waals surface area contributed by atoms with Crippen LogP contribution in [0.4, 0.5) is 0 Å². The zero-order chi connectivity index (χ0) is 5.82. The molecule has 0 bridgehead atoms. The van der Waals surface area contributed by atoms with E-state index < -0.39 is 0 Å². The van der Waals surface area contributed by atoms with Crippen molar-refractivity contribution >= 4 is 33.0 Å². The Labute approximate surface area is 62.0 Å². The molecule has 1 aliphatic rings. The highest BCUT2D eigenvalue weighted by Gasteiger charge is 2.10. The predicted molar refractivity (Wildman–Crippen MR) is 47.7 cm³/mol. The minimum absolute atomic E-state index is 0.294. The fourth-order valence-electron chi connectivity index (χ4n) is 0.772. The van der Waals surface area contributed by atoms with Crippen LogP contribution in [0, 0.1) is 0 Å². The van der Waals surface area contributed by atoms with Gasteiger partial charge in [-0.15, -0.1) is 0 Å². The van der Waals surface area contributed by atoms with Gasteiger partial charge in [0.2, 0.25) is 0 Å². The second-order valence-corrected chi connectivity index (χ2v) is 7.67. The van der Waals surface area contributed by atoms with E-state index in [4.69, 9.17) is 0 Å². The van der Waals surface area contributed by atoms with Crippen LogP contribution in [-0.4, -0.2) is 25.2 Å². The van der Waals surface area contributed by atoms with Gasteiger partial charge in [-0.1, -0.05) is 6.55 Å². The van der Waals surface area contributed by atoms with E-state index in [1.807, 2.05) is 0 Å². The lowest BCUT2D eigenvalue weighted by atomic mass is 10.6. The summed E-state index contributed by atoms with van der Waals surface area (Å²) in [4.78, 5) is 0. The summed E-state index contributed by atoms with van der Waals surface area (Å²) in [6.07, 6.45) is 1.44. The second-order valence-electron chi connectivity index (χ2n) is 1.93. The molecule has 0 aromatic heterocycles. The average Bonchev–Trinajstić information content (AvgIpc) is 1.90. The first-order chi connectivity index (χ1) is 3.93. The molecular weight excluding hydrogens is 152 g/mol. The molecule has 3 heteroatoms. The molecule has 0 spiro atoms. The minimum Gasteiger partial charge on any atom is -0.152 e.